The van der Waals surface area contributed by atoms with E-state index in [1.54, 1.807) is 13.3 Å². The Balaban J connectivity index is 1.53. The Bertz CT molecular complexity index is 1150. The molecule has 0 spiro atoms. The molecular weight excluding hydrogens is 420 g/mol. The molecule has 1 atom stereocenters. The third-order valence-corrected chi connectivity index (χ3v) is 6.14. The molecule has 33 heavy (non-hydrogen) atoms. The average Bonchev–Trinajstić information content (AvgIpc) is 3.22. The van der Waals surface area contributed by atoms with E-state index in [1.165, 1.54) is 0 Å². The van der Waals surface area contributed by atoms with Crippen molar-refractivity contribution in [1.29, 1.82) is 0 Å². The fourth-order valence-electron chi connectivity index (χ4n) is 4.34. The maximum absolute atomic E-state index is 12.3. The monoisotopic (exact) mass is 450 g/mol. The van der Waals surface area contributed by atoms with E-state index in [1.807, 2.05) is 61.2 Å². The van der Waals surface area contributed by atoms with E-state index < -0.39 is 12.0 Å². The lowest BCUT2D eigenvalue weighted by molar-refractivity contribution is -0.143. The van der Waals surface area contributed by atoms with Crippen LogP contribution in [0.15, 0.2) is 48.7 Å². The van der Waals surface area contributed by atoms with Crippen LogP contribution in [0.5, 0.6) is 5.75 Å². The number of benzene rings is 2. The Morgan fingerprint density at radius 2 is 1.82 bits per heavy atom. The number of piperazine rings is 1. The molecule has 4 rings (SSSR count). The Hall–Kier alpha value is -3.52. The number of amides is 1. The van der Waals surface area contributed by atoms with Crippen LogP contribution in [0.25, 0.3) is 10.9 Å². The number of hydrogen-bond acceptors (Lipinski definition) is 5. The molecule has 1 aromatic heterocycles. The molecule has 2 aromatic carbocycles. The molecule has 0 radical (unpaired) electrons. The zero-order valence-corrected chi connectivity index (χ0v) is 19.2. The van der Waals surface area contributed by atoms with E-state index in [2.05, 4.69) is 15.2 Å². The second-order valence-electron chi connectivity index (χ2n) is 8.58. The first-order valence-corrected chi connectivity index (χ1v) is 11.2. The third-order valence-electron chi connectivity index (χ3n) is 6.14. The highest BCUT2D eigenvalue weighted by Gasteiger charge is 2.32. The second kappa shape index (κ2) is 9.54. The number of H-pyrrole nitrogens is 1. The fourth-order valence-corrected chi connectivity index (χ4v) is 4.34. The van der Waals surface area contributed by atoms with Crippen LogP contribution in [0.3, 0.4) is 0 Å². The largest absolute Gasteiger partial charge is 0.495 e. The highest BCUT2D eigenvalue weighted by atomic mass is 16.5. The standard InChI is InChI=1S/C25H30N4O4/c1-16(2)24(30)27-17-8-9-18-19(15-26-20(18)14-17)23(25(31)32)29-12-10-28(11-13-29)21-6-4-5-7-22(21)33-3/h4-9,14-16,23,26H,10-13H2,1-3H3,(H,27,30)(H,31,32). The highest BCUT2D eigenvalue weighted by molar-refractivity contribution is 5.96. The summed E-state index contributed by atoms with van der Waals surface area (Å²) in [4.78, 5) is 31.8. The van der Waals surface area contributed by atoms with Crippen LogP contribution >= 0.6 is 0 Å². The van der Waals surface area contributed by atoms with E-state index >= 15 is 0 Å². The van der Waals surface area contributed by atoms with Gasteiger partial charge in [0.25, 0.3) is 0 Å². The number of para-hydroxylation sites is 2. The van der Waals surface area contributed by atoms with Crippen LogP contribution in [0.2, 0.25) is 0 Å². The van der Waals surface area contributed by atoms with Crippen LogP contribution in [0.1, 0.15) is 25.5 Å². The summed E-state index contributed by atoms with van der Waals surface area (Å²) in [5, 5.41) is 13.8. The molecule has 8 heteroatoms. The van der Waals surface area contributed by atoms with Gasteiger partial charge in [0, 0.05) is 60.4 Å². The van der Waals surface area contributed by atoms with Crippen molar-refractivity contribution in [2.24, 2.45) is 5.92 Å². The average molecular weight is 451 g/mol. The molecule has 8 nitrogen and oxygen atoms in total. The summed E-state index contributed by atoms with van der Waals surface area (Å²) in [6.07, 6.45) is 1.77. The number of hydrogen-bond donors (Lipinski definition) is 3. The van der Waals surface area contributed by atoms with Gasteiger partial charge in [0.1, 0.15) is 11.8 Å². The van der Waals surface area contributed by atoms with Crippen molar-refractivity contribution in [2.45, 2.75) is 19.9 Å². The van der Waals surface area contributed by atoms with Crippen molar-refractivity contribution in [3.8, 4) is 5.75 Å². The van der Waals surface area contributed by atoms with Gasteiger partial charge in [-0.15, -0.1) is 0 Å². The van der Waals surface area contributed by atoms with Gasteiger partial charge in [-0.3, -0.25) is 14.5 Å². The summed E-state index contributed by atoms with van der Waals surface area (Å²) in [6, 6.07) is 12.7. The lowest BCUT2D eigenvalue weighted by Gasteiger charge is -2.39. The van der Waals surface area contributed by atoms with E-state index in [-0.39, 0.29) is 11.8 Å². The number of carbonyl (C=O) groups is 2. The van der Waals surface area contributed by atoms with Gasteiger partial charge in [0.15, 0.2) is 0 Å². The van der Waals surface area contributed by atoms with Crippen molar-refractivity contribution >= 4 is 34.2 Å². The Morgan fingerprint density at radius 3 is 2.48 bits per heavy atom. The summed E-state index contributed by atoms with van der Waals surface area (Å²) >= 11 is 0. The Morgan fingerprint density at radius 1 is 1.09 bits per heavy atom. The Labute approximate surface area is 193 Å². The molecule has 3 aromatic rings. The summed E-state index contributed by atoms with van der Waals surface area (Å²) in [7, 11) is 1.66. The number of rotatable bonds is 7. The smallest absolute Gasteiger partial charge is 0.325 e. The number of anilines is 2. The molecule has 3 N–H and O–H groups in total. The number of fused-ring (bicyclic) bond motifs is 1. The molecule has 1 saturated heterocycles. The van der Waals surface area contributed by atoms with Gasteiger partial charge < -0.3 is 25.0 Å². The predicted molar refractivity (Wildman–Crippen MR) is 129 cm³/mol. The van der Waals surface area contributed by atoms with E-state index in [0.29, 0.717) is 31.9 Å². The number of carbonyl (C=O) groups excluding carboxylic acids is 1. The van der Waals surface area contributed by atoms with Crippen LogP contribution in [0, 0.1) is 5.92 Å². The normalized spacial score (nSPS) is 15.6. The van der Waals surface area contributed by atoms with Crippen molar-refractivity contribution in [1.82, 2.24) is 9.88 Å². The summed E-state index contributed by atoms with van der Waals surface area (Å²) in [6.45, 7) is 6.32. The fraction of sp³-hybridized carbons (Fsp3) is 0.360. The molecule has 0 aliphatic carbocycles. The lowest BCUT2D eigenvalue weighted by atomic mass is 10.0. The molecule has 1 aliphatic rings. The molecule has 0 bridgehead atoms. The van der Waals surface area contributed by atoms with Gasteiger partial charge >= 0.3 is 5.97 Å². The number of ether oxygens (including phenoxy) is 1. The molecule has 1 amide bonds. The number of aliphatic carboxylic acids is 1. The zero-order chi connectivity index (χ0) is 23.5. The molecule has 1 fully saturated rings. The van der Waals surface area contributed by atoms with E-state index in [0.717, 1.165) is 27.9 Å². The van der Waals surface area contributed by atoms with Crippen LogP contribution < -0.4 is 15.0 Å². The SMILES string of the molecule is COc1ccccc1N1CCN(C(C(=O)O)c2c[nH]c3cc(NC(=O)C(C)C)ccc23)CC1. The maximum atomic E-state index is 12.3. The van der Waals surface area contributed by atoms with Crippen molar-refractivity contribution < 1.29 is 19.4 Å². The van der Waals surface area contributed by atoms with Crippen LogP contribution in [0.4, 0.5) is 11.4 Å². The number of carboxylic acids is 1. The third kappa shape index (κ3) is 4.66. The lowest BCUT2D eigenvalue weighted by Crippen LogP contribution is -2.49. The minimum atomic E-state index is -0.876. The summed E-state index contributed by atoms with van der Waals surface area (Å²) < 4.78 is 5.49. The number of nitrogens with one attached hydrogen (secondary N) is 2. The molecule has 174 valence electrons. The number of carboxylic acid groups (broad SMARTS) is 1. The van der Waals surface area contributed by atoms with Crippen molar-refractivity contribution in [3.63, 3.8) is 0 Å². The zero-order valence-electron chi connectivity index (χ0n) is 19.2. The molecular formula is C25H30N4O4. The minimum Gasteiger partial charge on any atom is -0.495 e. The predicted octanol–water partition coefficient (Wildman–Crippen LogP) is 3.72. The van der Waals surface area contributed by atoms with E-state index in [4.69, 9.17) is 4.74 Å². The minimum absolute atomic E-state index is 0.0579. The molecule has 0 saturated carbocycles. The number of methoxy groups -OCH3 is 1. The molecule has 1 unspecified atom stereocenters. The number of aromatic amines is 1. The summed E-state index contributed by atoms with van der Waals surface area (Å²) in [5.74, 6) is -0.236. The first-order valence-electron chi connectivity index (χ1n) is 11.2. The van der Waals surface area contributed by atoms with E-state index in [9.17, 15) is 14.7 Å². The Kier molecular flexibility index (Phi) is 6.55. The van der Waals surface area contributed by atoms with Gasteiger partial charge in [-0.25, -0.2) is 0 Å². The highest BCUT2D eigenvalue weighted by Crippen LogP contribution is 2.33. The number of aromatic nitrogens is 1. The van der Waals surface area contributed by atoms with Crippen molar-refractivity contribution in [3.05, 3.63) is 54.2 Å². The number of nitrogens with zero attached hydrogens (tertiary/aromatic N) is 2. The van der Waals surface area contributed by atoms with Gasteiger partial charge in [-0.2, -0.15) is 0 Å². The van der Waals surface area contributed by atoms with Gasteiger partial charge in [-0.05, 0) is 24.3 Å². The van der Waals surface area contributed by atoms with Crippen molar-refractivity contribution in [2.75, 3.05) is 43.5 Å². The topological polar surface area (TPSA) is 97.9 Å². The van der Waals surface area contributed by atoms with Crippen LogP contribution in [-0.2, 0) is 9.59 Å². The summed E-state index contributed by atoms with van der Waals surface area (Å²) in [5.41, 5.74) is 3.23. The van der Waals surface area contributed by atoms with Gasteiger partial charge in [-0.1, -0.05) is 32.0 Å². The quantitative estimate of drug-likeness (QED) is 0.508. The molecule has 1 aliphatic heterocycles. The van der Waals surface area contributed by atoms with Crippen LogP contribution in [-0.4, -0.2) is 60.2 Å². The first-order chi connectivity index (χ1) is 15.9. The van der Waals surface area contributed by atoms with Gasteiger partial charge in [0.2, 0.25) is 5.91 Å². The maximum Gasteiger partial charge on any atom is 0.325 e. The van der Waals surface area contributed by atoms with Gasteiger partial charge in [0.05, 0.1) is 12.8 Å². The second-order valence-corrected chi connectivity index (χ2v) is 8.58. The molecule has 2 heterocycles. The first kappa shape index (κ1) is 22.7.